The van der Waals surface area contributed by atoms with Crippen molar-refractivity contribution in [1.29, 1.82) is 0 Å². The average Bonchev–Trinajstić information content (AvgIpc) is 2.94. The predicted molar refractivity (Wildman–Crippen MR) is 115 cm³/mol. The molecule has 3 aromatic rings. The van der Waals surface area contributed by atoms with Gasteiger partial charge in [-0.2, -0.15) is 0 Å². The van der Waals surface area contributed by atoms with E-state index in [1.165, 1.54) is 15.9 Å². The van der Waals surface area contributed by atoms with Crippen molar-refractivity contribution in [3.05, 3.63) is 91.0 Å². The third-order valence-electron chi connectivity index (χ3n) is 6.19. The molecule has 1 aliphatic carbocycles. The van der Waals surface area contributed by atoms with Gasteiger partial charge in [0, 0.05) is 6.42 Å². The molecule has 1 aliphatic heterocycles. The molecule has 5 rings (SSSR count). The molecule has 0 unspecified atom stereocenters. The van der Waals surface area contributed by atoms with E-state index in [2.05, 4.69) is 103 Å². The molecule has 1 saturated carbocycles. The van der Waals surface area contributed by atoms with E-state index in [1.54, 1.807) is 0 Å². The van der Waals surface area contributed by atoms with Gasteiger partial charge in [-0.05, 0) is 49.7 Å². The van der Waals surface area contributed by atoms with E-state index in [0.717, 1.165) is 18.6 Å². The monoisotopic (exact) mass is 372 g/mol. The van der Waals surface area contributed by atoms with Crippen molar-refractivity contribution in [1.82, 2.24) is 0 Å². The molecule has 0 spiro atoms. The molecule has 0 saturated heterocycles. The largest absolute Gasteiger partial charge is 0.348 e. The Kier molecular flexibility index (Phi) is 3.91. The molecule has 27 heavy (non-hydrogen) atoms. The van der Waals surface area contributed by atoms with Gasteiger partial charge in [-0.1, -0.05) is 59.8 Å². The maximum Gasteiger partial charge on any atom is 0.261 e. The van der Waals surface area contributed by atoms with E-state index in [4.69, 9.17) is 4.84 Å². The number of hydrogen-bond acceptors (Lipinski definition) is 2. The average molecular weight is 372 g/mol. The van der Waals surface area contributed by atoms with Gasteiger partial charge >= 0.3 is 0 Å². The van der Waals surface area contributed by atoms with Crippen LogP contribution in [0.2, 0.25) is 0 Å². The van der Waals surface area contributed by atoms with E-state index in [-0.39, 0.29) is 5.34 Å². The van der Waals surface area contributed by atoms with Gasteiger partial charge in [-0.15, -0.1) is 0 Å². The number of rotatable bonds is 4. The summed E-state index contributed by atoms with van der Waals surface area (Å²) in [4.78, 5) is 6.42. The zero-order chi connectivity index (χ0) is 18.3. The topological polar surface area (TPSA) is 21.6 Å². The van der Waals surface area contributed by atoms with E-state index in [9.17, 15) is 0 Å². The van der Waals surface area contributed by atoms with Crippen LogP contribution in [0.1, 0.15) is 19.8 Å². The molecule has 0 bridgehead atoms. The van der Waals surface area contributed by atoms with Crippen molar-refractivity contribution in [3.8, 4) is 0 Å². The van der Waals surface area contributed by atoms with Gasteiger partial charge in [0.2, 0.25) is 0 Å². The SMILES string of the molecule is CC1=NO[C@]2([P+](c3ccccc3)(c3ccccc3)c3ccccc3)CC[C@H]12. The van der Waals surface area contributed by atoms with Crippen molar-refractivity contribution in [3.63, 3.8) is 0 Å². The Morgan fingerprint density at radius 2 is 1.22 bits per heavy atom. The third-order valence-corrected chi connectivity index (χ3v) is 11.2. The number of oxime groups is 1. The molecule has 0 N–H and O–H groups in total. The molecular formula is C24H23NOP+. The van der Waals surface area contributed by atoms with Crippen LogP contribution < -0.4 is 15.9 Å². The summed E-state index contributed by atoms with van der Waals surface area (Å²) in [5.74, 6) is 0.395. The molecule has 1 fully saturated rings. The van der Waals surface area contributed by atoms with Crippen LogP contribution in [0.25, 0.3) is 0 Å². The summed E-state index contributed by atoms with van der Waals surface area (Å²) >= 11 is 0. The highest BCUT2D eigenvalue weighted by Crippen LogP contribution is 2.76. The number of nitrogens with zero attached hydrogens (tertiary/aromatic N) is 1. The Balaban J connectivity index is 1.87. The summed E-state index contributed by atoms with van der Waals surface area (Å²) in [6, 6.07) is 32.9. The molecule has 1 heterocycles. The van der Waals surface area contributed by atoms with Crippen LogP contribution in [0.15, 0.2) is 96.2 Å². The molecule has 2 aliphatic rings. The first-order valence-electron chi connectivity index (χ1n) is 9.58. The Bertz CT molecular complexity index is 874. The molecule has 3 heteroatoms. The molecule has 2 nitrogen and oxygen atoms in total. The maximum atomic E-state index is 6.42. The van der Waals surface area contributed by atoms with E-state index in [0.29, 0.717) is 5.92 Å². The third kappa shape index (κ3) is 2.20. The van der Waals surface area contributed by atoms with Crippen molar-refractivity contribution in [2.45, 2.75) is 25.1 Å². The van der Waals surface area contributed by atoms with Gasteiger partial charge in [0.1, 0.15) is 15.9 Å². The summed E-state index contributed by atoms with van der Waals surface area (Å²) < 4.78 is 0. The first-order chi connectivity index (χ1) is 13.3. The second-order valence-corrected chi connectivity index (χ2v) is 11.1. The molecule has 0 amide bonds. The van der Waals surface area contributed by atoms with Crippen molar-refractivity contribution >= 4 is 28.9 Å². The van der Waals surface area contributed by atoms with Gasteiger partial charge in [-0.25, -0.2) is 0 Å². The predicted octanol–water partition coefficient (Wildman–Crippen LogP) is 4.49. The standard InChI is InChI=1S/C24H23NOP/c1-19-23-17-18-24(23,26-25-19)27(20-11-5-2-6-12-20,21-13-7-3-8-14-21)22-15-9-4-10-16-22/h2-16,23H,17-18H2,1H3/q+1/t23-,24+/m1/s1. The fraction of sp³-hybridized carbons (Fsp3) is 0.208. The Hall–Kier alpha value is -2.44. The van der Waals surface area contributed by atoms with Crippen LogP contribution in [0.3, 0.4) is 0 Å². The Morgan fingerprint density at radius 1 is 0.778 bits per heavy atom. The van der Waals surface area contributed by atoms with Crippen LogP contribution >= 0.6 is 7.26 Å². The van der Waals surface area contributed by atoms with Crippen molar-refractivity contribution < 1.29 is 4.84 Å². The summed E-state index contributed by atoms with van der Waals surface area (Å²) in [5, 5.41) is 8.37. The lowest BCUT2D eigenvalue weighted by molar-refractivity contribution is -0.0277. The lowest BCUT2D eigenvalue weighted by atomic mass is 9.79. The Labute approximate surface area is 161 Å². The fourth-order valence-corrected chi connectivity index (χ4v) is 10.4. The molecule has 134 valence electrons. The Morgan fingerprint density at radius 3 is 1.56 bits per heavy atom. The lowest BCUT2D eigenvalue weighted by Crippen LogP contribution is -2.57. The highest BCUT2D eigenvalue weighted by molar-refractivity contribution is 7.96. The van der Waals surface area contributed by atoms with Crippen molar-refractivity contribution in [2.75, 3.05) is 0 Å². The normalized spacial score (nSPS) is 23.7. The summed E-state index contributed by atoms with van der Waals surface area (Å²) in [5.41, 5.74) is 1.15. The smallest absolute Gasteiger partial charge is 0.261 e. The summed E-state index contributed by atoms with van der Waals surface area (Å²) in [6.45, 7) is 2.13. The van der Waals surface area contributed by atoms with Gasteiger partial charge < -0.3 is 4.84 Å². The van der Waals surface area contributed by atoms with Gasteiger partial charge in [0.05, 0.1) is 11.6 Å². The zero-order valence-electron chi connectivity index (χ0n) is 15.5. The number of hydrogen-bond donors (Lipinski definition) is 0. The highest BCUT2D eigenvalue weighted by Gasteiger charge is 2.75. The first-order valence-corrected chi connectivity index (χ1v) is 11.4. The van der Waals surface area contributed by atoms with Crippen LogP contribution in [0.4, 0.5) is 0 Å². The highest BCUT2D eigenvalue weighted by atomic mass is 31.2. The molecule has 3 aromatic carbocycles. The second-order valence-electron chi connectivity index (χ2n) is 7.44. The fourth-order valence-electron chi connectivity index (χ4n) is 4.92. The van der Waals surface area contributed by atoms with Crippen LogP contribution in [-0.4, -0.2) is 11.1 Å². The summed E-state index contributed by atoms with van der Waals surface area (Å²) in [7, 11) is -2.06. The van der Waals surface area contributed by atoms with Gasteiger partial charge in [-0.3, -0.25) is 0 Å². The van der Waals surface area contributed by atoms with Crippen LogP contribution in [0, 0.1) is 5.92 Å². The first kappa shape index (κ1) is 16.7. The molecule has 2 atom stereocenters. The van der Waals surface area contributed by atoms with Gasteiger partial charge in [0.15, 0.2) is 7.26 Å². The van der Waals surface area contributed by atoms with E-state index in [1.807, 2.05) is 0 Å². The molecule has 0 radical (unpaired) electrons. The minimum atomic E-state index is -2.06. The second kappa shape index (κ2) is 6.32. The zero-order valence-corrected chi connectivity index (χ0v) is 16.3. The maximum absolute atomic E-state index is 6.42. The quantitative estimate of drug-likeness (QED) is 0.618. The lowest BCUT2D eigenvalue weighted by Gasteiger charge is -2.49. The van der Waals surface area contributed by atoms with Crippen molar-refractivity contribution in [2.24, 2.45) is 11.1 Å². The van der Waals surface area contributed by atoms with Crippen LogP contribution in [0.5, 0.6) is 0 Å². The van der Waals surface area contributed by atoms with Gasteiger partial charge in [0.25, 0.3) is 5.34 Å². The van der Waals surface area contributed by atoms with E-state index < -0.39 is 7.26 Å². The summed E-state index contributed by atoms with van der Waals surface area (Å²) in [6.07, 6.45) is 2.20. The minimum Gasteiger partial charge on any atom is -0.348 e. The van der Waals surface area contributed by atoms with E-state index >= 15 is 0 Å². The van der Waals surface area contributed by atoms with Crippen LogP contribution in [-0.2, 0) is 4.84 Å². The number of benzene rings is 3. The molecular weight excluding hydrogens is 349 g/mol. The molecule has 0 aromatic heterocycles. The number of fused-ring (bicyclic) bond motifs is 1. The minimum absolute atomic E-state index is 0.263.